The van der Waals surface area contributed by atoms with E-state index in [9.17, 15) is 22.4 Å². The van der Waals surface area contributed by atoms with Crippen LogP contribution in [0.4, 0.5) is 23.4 Å². The van der Waals surface area contributed by atoms with Gasteiger partial charge in [-0.1, -0.05) is 18.2 Å². The van der Waals surface area contributed by atoms with Crippen molar-refractivity contribution >= 4 is 16.7 Å². The smallest absolute Gasteiger partial charge is 0.266 e. The fourth-order valence-corrected chi connectivity index (χ4v) is 5.41. The molecule has 5 nitrogen and oxygen atoms in total. The first-order valence-electron chi connectivity index (χ1n) is 10.9. The van der Waals surface area contributed by atoms with E-state index in [-0.39, 0.29) is 23.1 Å². The summed E-state index contributed by atoms with van der Waals surface area (Å²) in [5.41, 5.74) is -2.27. The molecule has 0 unspecified atom stereocenters. The summed E-state index contributed by atoms with van der Waals surface area (Å²) in [6.07, 6.45) is 1.23. The van der Waals surface area contributed by atoms with Crippen molar-refractivity contribution in [3.8, 4) is 0 Å². The van der Waals surface area contributed by atoms with Crippen LogP contribution in [0, 0.1) is 18.7 Å². The molecule has 2 bridgehead atoms. The molecule has 2 heterocycles. The van der Waals surface area contributed by atoms with E-state index in [1.807, 2.05) is 0 Å². The van der Waals surface area contributed by atoms with Crippen LogP contribution >= 0.6 is 0 Å². The third-order valence-corrected chi connectivity index (χ3v) is 7.16. The fraction of sp³-hybridized carbons (Fsp3) is 0.458. The Morgan fingerprint density at radius 2 is 1.94 bits per heavy atom. The van der Waals surface area contributed by atoms with Crippen LogP contribution in [0.15, 0.2) is 35.5 Å². The molecule has 3 fully saturated rings. The zero-order chi connectivity index (χ0) is 23.7. The van der Waals surface area contributed by atoms with E-state index in [4.69, 9.17) is 0 Å². The number of hydrogen-bond acceptors (Lipinski definition) is 4. The van der Waals surface area contributed by atoms with E-state index < -0.39 is 29.0 Å². The van der Waals surface area contributed by atoms with Gasteiger partial charge in [0.25, 0.3) is 12.0 Å². The number of aryl methyl sites for hydroxylation is 1. The Bertz CT molecular complexity index is 1310. The highest BCUT2D eigenvalue weighted by Gasteiger charge is 2.57. The molecule has 174 valence electrons. The average molecular weight is 460 g/mol. The van der Waals surface area contributed by atoms with Crippen LogP contribution in [-0.2, 0) is 5.54 Å². The number of anilines is 1. The molecule has 0 radical (unpaired) electrons. The number of nitrogens with zero attached hydrogens (tertiary/aromatic N) is 3. The number of benzene rings is 1. The maximum absolute atomic E-state index is 14.9. The van der Waals surface area contributed by atoms with Gasteiger partial charge in [0.2, 0.25) is 0 Å². The quantitative estimate of drug-likeness (QED) is 0.505. The van der Waals surface area contributed by atoms with Crippen molar-refractivity contribution in [2.75, 3.05) is 5.32 Å². The molecule has 0 aliphatic heterocycles. The molecule has 0 saturated heterocycles. The Balaban J connectivity index is 1.59. The summed E-state index contributed by atoms with van der Waals surface area (Å²) in [7, 11) is 0. The monoisotopic (exact) mass is 460 g/mol. The summed E-state index contributed by atoms with van der Waals surface area (Å²) in [4.78, 5) is 21.6. The van der Waals surface area contributed by atoms with Gasteiger partial charge >= 0.3 is 0 Å². The van der Waals surface area contributed by atoms with Gasteiger partial charge in [-0.05, 0) is 39.5 Å². The number of hydrogen-bond donors (Lipinski definition) is 1. The molecule has 3 aliphatic rings. The third kappa shape index (κ3) is 3.40. The highest BCUT2D eigenvalue weighted by Crippen LogP contribution is 2.59. The summed E-state index contributed by atoms with van der Waals surface area (Å²) in [5, 5.41) is 3.69. The van der Waals surface area contributed by atoms with Crippen LogP contribution in [0.3, 0.4) is 0 Å². The van der Waals surface area contributed by atoms with E-state index in [0.717, 1.165) is 6.07 Å². The zero-order valence-corrected chi connectivity index (χ0v) is 18.5. The van der Waals surface area contributed by atoms with Gasteiger partial charge in [0.15, 0.2) is 0 Å². The highest BCUT2D eigenvalue weighted by molar-refractivity contribution is 5.90. The molecule has 6 rings (SSSR count). The minimum Gasteiger partial charge on any atom is -0.360 e. The fourth-order valence-electron chi connectivity index (χ4n) is 5.41. The number of alkyl halides is 3. The van der Waals surface area contributed by atoms with Crippen LogP contribution in [0.1, 0.15) is 62.3 Å². The molecule has 3 aromatic rings. The lowest BCUT2D eigenvalue weighted by molar-refractivity contribution is 0.0740. The van der Waals surface area contributed by atoms with Crippen molar-refractivity contribution in [3.63, 3.8) is 0 Å². The number of nitrogens with one attached hydrogen (secondary N) is 1. The molecule has 2 aromatic heterocycles. The van der Waals surface area contributed by atoms with E-state index in [1.165, 1.54) is 18.5 Å². The van der Waals surface area contributed by atoms with Gasteiger partial charge in [-0.15, -0.1) is 0 Å². The molecular formula is C24H24F4N4O. The molecule has 9 heteroatoms. The summed E-state index contributed by atoms with van der Waals surface area (Å²) in [5.74, 6) is -0.521. The maximum Gasteiger partial charge on any atom is 0.266 e. The summed E-state index contributed by atoms with van der Waals surface area (Å²) in [6.45, 7) is 4.99. The Kier molecular flexibility index (Phi) is 4.81. The lowest BCUT2D eigenvalue weighted by Crippen LogP contribution is -2.32. The molecule has 33 heavy (non-hydrogen) atoms. The molecule has 0 spiro atoms. The van der Waals surface area contributed by atoms with Crippen LogP contribution < -0.4 is 10.9 Å². The molecular weight excluding hydrogens is 436 g/mol. The van der Waals surface area contributed by atoms with Crippen molar-refractivity contribution in [2.24, 2.45) is 5.92 Å². The van der Waals surface area contributed by atoms with E-state index in [2.05, 4.69) is 15.3 Å². The lowest BCUT2D eigenvalue weighted by Gasteiger charge is -2.31. The minimum atomic E-state index is -2.94. The molecule has 3 saturated carbocycles. The lowest BCUT2D eigenvalue weighted by atomic mass is 9.81. The Morgan fingerprint density at radius 1 is 1.21 bits per heavy atom. The van der Waals surface area contributed by atoms with Gasteiger partial charge in [0.1, 0.15) is 23.6 Å². The predicted octanol–water partition coefficient (Wildman–Crippen LogP) is 5.59. The van der Waals surface area contributed by atoms with E-state index >= 15 is 0 Å². The van der Waals surface area contributed by atoms with Crippen molar-refractivity contribution in [3.05, 3.63) is 63.6 Å². The number of pyridine rings is 1. The van der Waals surface area contributed by atoms with E-state index in [0.29, 0.717) is 41.5 Å². The predicted molar refractivity (Wildman–Crippen MR) is 117 cm³/mol. The van der Waals surface area contributed by atoms with Gasteiger partial charge < -0.3 is 9.88 Å². The normalized spacial score (nSPS) is 24.4. The maximum atomic E-state index is 14.9. The first kappa shape index (κ1) is 21.9. The molecule has 1 N–H and O–H groups in total. The first-order valence-corrected chi connectivity index (χ1v) is 10.9. The van der Waals surface area contributed by atoms with Crippen molar-refractivity contribution < 1.29 is 17.6 Å². The Hall–Kier alpha value is -2.97. The van der Waals surface area contributed by atoms with Crippen molar-refractivity contribution in [2.45, 2.75) is 63.7 Å². The van der Waals surface area contributed by atoms with Crippen LogP contribution in [-0.4, -0.2) is 20.2 Å². The second-order valence-electron chi connectivity index (χ2n) is 9.80. The van der Waals surface area contributed by atoms with Gasteiger partial charge in [-0.3, -0.25) is 4.79 Å². The Morgan fingerprint density at radius 3 is 2.58 bits per heavy atom. The second-order valence-corrected chi connectivity index (χ2v) is 9.80. The van der Waals surface area contributed by atoms with Crippen LogP contribution in [0.25, 0.3) is 10.9 Å². The van der Waals surface area contributed by atoms with E-state index in [1.54, 1.807) is 31.5 Å². The standard InChI is InChI=1S/C24H24F4N4O/c1-12-19-15(10-32(22(12)33)17-9-24(28)7-13(17)8-24)21(30-11-29-19)31-23(2,3)16-6-4-5-14(18(16)25)20(26)27/h4-6,10-11,13,17,20H,7-9H2,1-3H3,(H,29,30,31)/t13?,17-,24?/m0/s1. The number of rotatable bonds is 5. The number of aromatic nitrogens is 3. The van der Waals surface area contributed by atoms with Crippen molar-refractivity contribution in [1.29, 1.82) is 0 Å². The number of halogens is 4. The summed E-state index contributed by atoms with van der Waals surface area (Å²) < 4.78 is 57.4. The van der Waals surface area contributed by atoms with Gasteiger partial charge in [-0.25, -0.2) is 27.5 Å². The first-order chi connectivity index (χ1) is 15.5. The SMILES string of the molecule is Cc1c(=O)n([C@H]2CC3(F)CC2C3)cc2c(NC(C)(C)c3cccc(C(F)F)c3F)ncnc12. The summed E-state index contributed by atoms with van der Waals surface area (Å²) >= 11 is 0. The second kappa shape index (κ2) is 7.27. The molecule has 3 aliphatic carbocycles. The Labute approximate surface area is 187 Å². The van der Waals surface area contributed by atoms with Gasteiger partial charge in [0.05, 0.1) is 22.0 Å². The number of fused-ring (bicyclic) bond motifs is 2. The van der Waals surface area contributed by atoms with Gasteiger partial charge in [0, 0.05) is 29.8 Å². The average Bonchev–Trinajstić information content (AvgIpc) is 3.23. The van der Waals surface area contributed by atoms with Crippen molar-refractivity contribution in [1.82, 2.24) is 14.5 Å². The molecule has 0 amide bonds. The highest BCUT2D eigenvalue weighted by atomic mass is 19.3. The third-order valence-electron chi connectivity index (χ3n) is 7.16. The van der Waals surface area contributed by atoms with Crippen LogP contribution in [0.5, 0.6) is 0 Å². The molecule has 1 atom stereocenters. The van der Waals surface area contributed by atoms with Gasteiger partial charge in [-0.2, -0.15) is 0 Å². The zero-order valence-electron chi connectivity index (χ0n) is 18.5. The summed E-state index contributed by atoms with van der Waals surface area (Å²) in [6, 6.07) is 3.67. The minimum absolute atomic E-state index is 0.0630. The molecule has 1 aromatic carbocycles. The largest absolute Gasteiger partial charge is 0.360 e. The van der Waals surface area contributed by atoms with Crippen LogP contribution in [0.2, 0.25) is 0 Å². The topological polar surface area (TPSA) is 59.8 Å².